The largest absolute Gasteiger partial charge is 0.365 e. The zero-order chi connectivity index (χ0) is 18.8. The molecule has 0 N–H and O–H groups in total. The van der Waals surface area contributed by atoms with Gasteiger partial charge in [0.2, 0.25) is 0 Å². The highest BCUT2D eigenvalue weighted by molar-refractivity contribution is 6.33. The van der Waals surface area contributed by atoms with Gasteiger partial charge in [0.15, 0.2) is 0 Å². The van der Waals surface area contributed by atoms with Crippen LogP contribution >= 0.6 is 23.2 Å². The van der Waals surface area contributed by atoms with Crippen molar-refractivity contribution in [1.82, 2.24) is 14.8 Å². The highest BCUT2D eigenvalue weighted by Gasteiger charge is 2.23. The van der Waals surface area contributed by atoms with Crippen molar-refractivity contribution in [2.24, 2.45) is 0 Å². The van der Waals surface area contributed by atoms with Crippen molar-refractivity contribution in [2.45, 2.75) is 19.9 Å². The molecule has 0 radical (unpaired) electrons. The maximum Gasteiger partial charge on any atom is 0.287 e. The van der Waals surface area contributed by atoms with E-state index in [1.807, 2.05) is 24.8 Å². The first-order valence-corrected chi connectivity index (χ1v) is 9.00. The smallest absolute Gasteiger partial charge is 0.287 e. The van der Waals surface area contributed by atoms with Crippen LogP contribution in [-0.2, 0) is 0 Å². The number of halogens is 2. The van der Waals surface area contributed by atoms with Gasteiger partial charge in [-0.15, -0.1) is 0 Å². The minimum absolute atomic E-state index is 0.0458. The van der Waals surface area contributed by atoms with E-state index in [4.69, 9.17) is 28.5 Å². The number of hydrogen-bond donors (Lipinski definition) is 0. The SMILES string of the molecule is CC(C)n1ncc(N2CCN(c3ncc(C#N)cc3Cl)CC2)c(Cl)c1=O. The summed E-state index contributed by atoms with van der Waals surface area (Å²) in [7, 11) is 0. The quantitative estimate of drug-likeness (QED) is 0.798. The van der Waals surface area contributed by atoms with Crippen LogP contribution in [0.15, 0.2) is 23.3 Å². The lowest BCUT2D eigenvalue weighted by Crippen LogP contribution is -2.47. The number of piperazine rings is 1. The average molecular weight is 393 g/mol. The molecular formula is C17H18Cl2N6O. The summed E-state index contributed by atoms with van der Waals surface area (Å²) in [5.74, 6) is 0.657. The average Bonchev–Trinajstić information content (AvgIpc) is 2.64. The minimum Gasteiger partial charge on any atom is -0.365 e. The molecule has 3 heterocycles. The summed E-state index contributed by atoms with van der Waals surface area (Å²) in [4.78, 5) is 20.7. The number of nitriles is 1. The molecule has 2 aromatic heterocycles. The lowest BCUT2D eigenvalue weighted by Gasteiger charge is -2.37. The summed E-state index contributed by atoms with van der Waals surface area (Å²) >= 11 is 12.5. The molecule has 0 bridgehead atoms. The molecule has 0 saturated carbocycles. The van der Waals surface area contributed by atoms with E-state index in [0.29, 0.717) is 48.3 Å². The van der Waals surface area contributed by atoms with Crippen molar-refractivity contribution >= 4 is 34.7 Å². The van der Waals surface area contributed by atoms with Crippen LogP contribution in [0, 0.1) is 11.3 Å². The van der Waals surface area contributed by atoms with Crippen molar-refractivity contribution in [3.05, 3.63) is 44.4 Å². The fourth-order valence-corrected chi connectivity index (χ4v) is 3.45. The minimum atomic E-state index is -0.279. The van der Waals surface area contributed by atoms with E-state index < -0.39 is 0 Å². The molecule has 0 aliphatic carbocycles. The van der Waals surface area contributed by atoms with Gasteiger partial charge in [0.1, 0.15) is 16.9 Å². The molecule has 0 spiro atoms. The van der Waals surface area contributed by atoms with Gasteiger partial charge < -0.3 is 9.80 Å². The molecule has 136 valence electrons. The van der Waals surface area contributed by atoms with Crippen LogP contribution in [0.25, 0.3) is 0 Å². The van der Waals surface area contributed by atoms with Crippen molar-refractivity contribution in [3.63, 3.8) is 0 Å². The predicted molar refractivity (Wildman–Crippen MR) is 102 cm³/mol. The second-order valence-electron chi connectivity index (χ2n) is 6.30. The third-order valence-electron chi connectivity index (χ3n) is 4.29. The van der Waals surface area contributed by atoms with Gasteiger partial charge in [-0.3, -0.25) is 4.79 Å². The van der Waals surface area contributed by atoms with Gasteiger partial charge in [-0.2, -0.15) is 10.4 Å². The van der Waals surface area contributed by atoms with Gasteiger partial charge in [0.05, 0.1) is 28.5 Å². The van der Waals surface area contributed by atoms with Crippen LogP contribution in [0.4, 0.5) is 11.5 Å². The molecule has 0 amide bonds. The Labute approximate surface area is 161 Å². The summed E-state index contributed by atoms with van der Waals surface area (Å²) < 4.78 is 1.38. The van der Waals surface area contributed by atoms with Crippen LogP contribution in [0.1, 0.15) is 25.5 Å². The number of nitrogens with zero attached hydrogens (tertiary/aromatic N) is 6. The van der Waals surface area contributed by atoms with Crippen molar-refractivity contribution < 1.29 is 0 Å². The summed E-state index contributed by atoms with van der Waals surface area (Å²) in [5, 5.41) is 13.8. The molecule has 0 atom stereocenters. The molecule has 7 nitrogen and oxygen atoms in total. The van der Waals surface area contributed by atoms with Gasteiger partial charge >= 0.3 is 0 Å². The van der Waals surface area contributed by atoms with Gasteiger partial charge in [0.25, 0.3) is 5.56 Å². The number of rotatable bonds is 3. The van der Waals surface area contributed by atoms with E-state index in [0.717, 1.165) is 0 Å². The van der Waals surface area contributed by atoms with E-state index in [9.17, 15) is 4.79 Å². The highest BCUT2D eigenvalue weighted by Crippen LogP contribution is 2.27. The number of anilines is 2. The molecule has 1 saturated heterocycles. The molecule has 0 aromatic carbocycles. The molecule has 26 heavy (non-hydrogen) atoms. The number of aromatic nitrogens is 3. The summed E-state index contributed by atoms with van der Waals surface area (Å²) in [6.45, 7) is 6.43. The van der Waals surface area contributed by atoms with Crippen molar-refractivity contribution in [3.8, 4) is 6.07 Å². The van der Waals surface area contributed by atoms with Crippen LogP contribution in [0.5, 0.6) is 0 Å². The zero-order valence-electron chi connectivity index (χ0n) is 14.5. The van der Waals surface area contributed by atoms with E-state index in [1.54, 1.807) is 12.3 Å². The Morgan fingerprint density at radius 3 is 2.38 bits per heavy atom. The highest BCUT2D eigenvalue weighted by atomic mass is 35.5. The van der Waals surface area contributed by atoms with Gasteiger partial charge in [0, 0.05) is 32.4 Å². The monoisotopic (exact) mass is 392 g/mol. The van der Waals surface area contributed by atoms with Gasteiger partial charge in [-0.25, -0.2) is 9.67 Å². The summed E-state index contributed by atoms with van der Waals surface area (Å²) in [6, 6.07) is 3.59. The van der Waals surface area contributed by atoms with Gasteiger partial charge in [-0.1, -0.05) is 23.2 Å². The van der Waals surface area contributed by atoms with Crippen molar-refractivity contribution in [1.29, 1.82) is 5.26 Å². The summed E-state index contributed by atoms with van der Waals surface area (Å²) in [6.07, 6.45) is 3.16. The zero-order valence-corrected chi connectivity index (χ0v) is 16.0. The Morgan fingerprint density at radius 1 is 1.15 bits per heavy atom. The molecule has 1 aliphatic rings. The maximum atomic E-state index is 12.3. The third kappa shape index (κ3) is 3.48. The first kappa shape index (κ1) is 18.5. The van der Waals surface area contributed by atoms with Crippen LogP contribution in [0.2, 0.25) is 10.0 Å². The molecule has 1 aliphatic heterocycles. The molecule has 3 rings (SSSR count). The van der Waals surface area contributed by atoms with Crippen LogP contribution in [0.3, 0.4) is 0 Å². The summed E-state index contributed by atoms with van der Waals surface area (Å²) in [5.41, 5.74) is 0.798. The molecule has 0 unspecified atom stereocenters. The fourth-order valence-electron chi connectivity index (χ4n) is 2.91. The molecule has 1 fully saturated rings. The Morgan fingerprint density at radius 2 is 1.81 bits per heavy atom. The van der Waals surface area contributed by atoms with E-state index in [2.05, 4.69) is 15.0 Å². The standard InChI is InChI=1S/C17H18Cl2N6O/c1-11(2)25-17(26)15(19)14(10-22-25)23-3-5-24(6-4-23)16-13(18)7-12(8-20)9-21-16/h7,9-11H,3-6H2,1-2H3. The Balaban J connectivity index is 1.76. The van der Waals surface area contributed by atoms with E-state index in [1.165, 1.54) is 10.9 Å². The Bertz CT molecular complexity index is 912. The molecule has 2 aromatic rings. The predicted octanol–water partition coefficient (Wildman–Crippen LogP) is 2.72. The number of hydrogen-bond acceptors (Lipinski definition) is 6. The van der Waals surface area contributed by atoms with Crippen LogP contribution < -0.4 is 15.4 Å². The first-order chi connectivity index (χ1) is 12.4. The van der Waals surface area contributed by atoms with E-state index >= 15 is 0 Å². The maximum absolute atomic E-state index is 12.3. The third-order valence-corrected chi connectivity index (χ3v) is 4.92. The topological polar surface area (TPSA) is 78.1 Å². The van der Waals surface area contributed by atoms with Gasteiger partial charge in [-0.05, 0) is 19.9 Å². The lowest BCUT2D eigenvalue weighted by molar-refractivity contribution is 0.501. The molecule has 9 heteroatoms. The Kier molecular flexibility index (Phi) is 5.35. The second-order valence-corrected chi connectivity index (χ2v) is 7.09. The normalized spacial score (nSPS) is 14.6. The van der Waals surface area contributed by atoms with Crippen LogP contribution in [-0.4, -0.2) is 40.9 Å². The lowest BCUT2D eigenvalue weighted by atomic mass is 10.2. The fraction of sp³-hybridized carbons (Fsp3) is 0.412. The second kappa shape index (κ2) is 7.52. The molecular weight excluding hydrogens is 375 g/mol. The Hall–Kier alpha value is -2.30. The number of pyridine rings is 1. The van der Waals surface area contributed by atoms with E-state index in [-0.39, 0.29) is 16.6 Å². The van der Waals surface area contributed by atoms with Crippen molar-refractivity contribution in [2.75, 3.05) is 36.0 Å². The first-order valence-electron chi connectivity index (χ1n) is 8.25.